The molecule has 1 atom stereocenters. The van der Waals surface area contributed by atoms with Gasteiger partial charge in [-0.3, -0.25) is 19.8 Å². The number of H-pyrrole nitrogens is 1. The van der Waals surface area contributed by atoms with Gasteiger partial charge in [-0.1, -0.05) is 11.6 Å². The number of fused-ring (bicyclic) bond motifs is 1. The number of aromatic nitrogens is 3. The molecule has 1 amide bonds. The summed E-state index contributed by atoms with van der Waals surface area (Å²) in [6.07, 6.45) is 6.12. The van der Waals surface area contributed by atoms with Gasteiger partial charge in [0.05, 0.1) is 47.2 Å². The molecule has 2 saturated heterocycles. The van der Waals surface area contributed by atoms with Crippen LogP contribution in [-0.4, -0.2) is 64.4 Å². The third-order valence-corrected chi connectivity index (χ3v) is 8.65. The van der Waals surface area contributed by atoms with Crippen LogP contribution in [0, 0.1) is 5.92 Å². The predicted octanol–water partition coefficient (Wildman–Crippen LogP) is 5.40. The Bertz CT molecular complexity index is 1510. The molecule has 9 heteroatoms. The molecule has 0 bridgehead atoms. The summed E-state index contributed by atoms with van der Waals surface area (Å²) in [6, 6.07) is 17.7. The first-order chi connectivity index (χ1) is 19.6. The van der Waals surface area contributed by atoms with Crippen molar-refractivity contribution in [2.75, 3.05) is 26.3 Å². The third-order valence-electron chi connectivity index (χ3n) is 8.33. The van der Waals surface area contributed by atoms with Crippen molar-refractivity contribution in [2.24, 2.45) is 5.92 Å². The summed E-state index contributed by atoms with van der Waals surface area (Å²) in [4.78, 5) is 20.3. The van der Waals surface area contributed by atoms with Gasteiger partial charge in [-0.15, -0.1) is 0 Å². The lowest BCUT2D eigenvalue weighted by molar-refractivity contribution is -0.0778. The number of hydrogen-bond acceptors (Lipinski definition) is 6. The van der Waals surface area contributed by atoms with E-state index in [0.717, 1.165) is 85.6 Å². The number of halogens is 1. The second-order valence-electron chi connectivity index (χ2n) is 11.1. The minimum atomic E-state index is -0.201. The molecule has 4 heterocycles. The second-order valence-corrected chi connectivity index (χ2v) is 11.5. The molecule has 0 spiro atoms. The zero-order valence-corrected chi connectivity index (χ0v) is 22.9. The molecule has 4 aromatic rings. The van der Waals surface area contributed by atoms with Gasteiger partial charge in [-0.2, -0.15) is 5.10 Å². The van der Waals surface area contributed by atoms with Crippen molar-refractivity contribution in [2.45, 2.75) is 43.9 Å². The first kappa shape index (κ1) is 25.5. The van der Waals surface area contributed by atoms with Crippen molar-refractivity contribution in [3.8, 4) is 17.0 Å². The van der Waals surface area contributed by atoms with Crippen LogP contribution in [0.3, 0.4) is 0 Å². The van der Waals surface area contributed by atoms with E-state index in [0.29, 0.717) is 22.5 Å². The molecule has 2 aromatic heterocycles. The Morgan fingerprint density at radius 3 is 2.58 bits per heavy atom. The van der Waals surface area contributed by atoms with Crippen molar-refractivity contribution in [1.29, 1.82) is 0 Å². The highest BCUT2D eigenvalue weighted by Crippen LogP contribution is 2.42. The molecule has 40 heavy (non-hydrogen) atoms. The molecule has 2 aliphatic heterocycles. The Balaban J connectivity index is 1.05. The Morgan fingerprint density at radius 1 is 1.07 bits per heavy atom. The fourth-order valence-corrected chi connectivity index (χ4v) is 5.98. The molecule has 2 N–H and O–H groups in total. The van der Waals surface area contributed by atoms with Crippen LogP contribution in [0.1, 0.15) is 47.8 Å². The van der Waals surface area contributed by atoms with Gasteiger partial charge in [0, 0.05) is 35.8 Å². The molecular weight excluding hydrogens is 526 g/mol. The predicted molar refractivity (Wildman–Crippen MR) is 154 cm³/mol. The van der Waals surface area contributed by atoms with Crippen LogP contribution in [0.15, 0.2) is 60.8 Å². The Labute approximate surface area is 238 Å². The Kier molecular flexibility index (Phi) is 6.91. The molecule has 3 fully saturated rings. The van der Waals surface area contributed by atoms with Gasteiger partial charge in [0.2, 0.25) is 0 Å². The number of hydrogen-bond donors (Lipinski definition) is 2. The summed E-state index contributed by atoms with van der Waals surface area (Å²) in [5.74, 6) is 1.08. The van der Waals surface area contributed by atoms with Crippen LogP contribution < -0.4 is 10.1 Å². The maximum atomic E-state index is 13.4. The lowest BCUT2D eigenvalue weighted by atomic mass is 10.0. The maximum absolute atomic E-state index is 13.4. The molecule has 1 aliphatic carbocycles. The number of rotatable bonds is 8. The van der Waals surface area contributed by atoms with E-state index in [2.05, 4.69) is 25.4 Å². The zero-order chi connectivity index (χ0) is 27.1. The molecule has 3 aliphatic rings. The molecule has 1 saturated carbocycles. The van der Waals surface area contributed by atoms with Crippen molar-refractivity contribution >= 4 is 28.4 Å². The monoisotopic (exact) mass is 557 g/mol. The summed E-state index contributed by atoms with van der Waals surface area (Å²) < 4.78 is 11.6. The lowest BCUT2D eigenvalue weighted by Gasteiger charge is -2.41. The maximum Gasteiger partial charge on any atom is 0.251 e. The normalized spacial score (nSPS) is 19.3. The van der Waals surface area contributed by atoms with Crippen LogP contribution in [0.5, 0.6) is 5.75 Å². The lowest BCUT2D eigenvalue weighted by Crippen LogP contribution is -2.52. The Morgan fingerprint density at radius 2 is 1.88 bits per heavy atom. The van der Waals surface area contributed by atoms with Gasteiger partial charge in [0.25, 0.3) is 5.91 Å². The van der Waals surface area contributed by atoms with Crippen molar-refractivity contribution in [3.05, 3.63) is 77.1 Å². The first-order valence-electron chi connectivity index (χ1n) is 14.1. The number of ether oxygens (including phenoxy) is 2. The van der Waals surface area contributed by atoms with Crippen molar-refractivity contribution < 1.29 is 14.3 Å². The summed E-state index contributed by atoms with van der Waals surface area (Å²) in [6.45, 7) is 3.84. The SMILES string of the molecule is O=C(N[C@@H](c1ncccc1Cl)C1CC1)c1ccc2[nH]nc(-c3ccc(OC4CCN(C5COC5)CC4)cc3)c2c1. The van der Waals surface area contributed by atoms with Gasteiger partial charge < -0.3 is 14.8 Å². The highest BCUT2D eigenvalue weighted by Gasteiger charge is 2.36. The number of carbonyl (C=O) groups excluding carboxylic acids is 1. The van der Waals surface area contributed by atoms with Crippen LogP contribution in [0.2, 0.25) is 5.02 Å². The van der Waals surface area contributed by atoms with E-state index in [4.69, 9.17) is 21.1 Å². The third kappa shape index (κ3) is 5.19. The quantitative estimate of drug-likeness (QED) is 0.301. The van der Waals surface area contributed by atoms with Crippen LogP contribution in [0.4, 0.5) is 0 Å². The topological polar surface area (TPSA) is 92.4 Å². The van der Waals surface area contributed by atoms with Gasteiger partial charge >= 0.3 is 0 Å². The number of nitrogens with one attached hydrogen (secondary N) is 2. The van der Waals surface area contributed by atoms with Gasteiger partial charge in [-0.05, 0) is 86.2 Å². The smallest absolute Gasteiger partial charge is 0.251 e. The number of carbonyl (C=O) groups is 1. The van der Waals surface area contributed by atoms with Crippen LogP contribution in [-0.2, 0) is 4.74 Å². The molecule has 2 aromatic carbocycles. The van der Waals surface area contributed by atoms with Crippen LogP contribution in [0.25, 0.3) is 22.2 Å². The molecule has 7 rings (SSSR count). The van der Waals surface area contributed by atoms with Gasteiger partial charge in [-0.25, -0.2) is 0 Å². The van der Waals surface area contributed by atoms with E-state index < -0.39 is 0 Å². The standard InChI is InChI=1S/C31H32ClN5O3/c32-26-2-1-13-33-30(26)29(20-3-4-20)34-31(38)21-7-10-27-25(16-21)28(36-35-27)19-5-8-23(9-6-19)40-24-11-14-37(15-12-24)22-17-39-18-22/h1-2,5-10,13,16,20,22,24,29H,3-4,11-12,14-15,17-18H2,(H,34,38)(H,35,36)/t29-/m1/s1. The van der Waals surface area contributed by atoms with Crippen LogP contribution >= 0.6 is 11.6 Å². The van der Waals surface area contributed by atoms with E-state index in [1.807, 2.05) is 48.5 Å². The van der Waals surface area contributed by atoms with E-state index in [-0.39, 0.29) is 18.1 Å². The minimum Gasteiger partial charge on any atom is -0.490 e. The number of amides is 1. The van der Waals surface area contributed by atoms with Gasteiger partial charge in [0.15, 0.2) is 0 Å². The average Bonchev–Trinajstić information content (AvgIpc) is 3.71. The molecular formula is C31H32ClN5O3. The van der Waals surface area contributed by atoms with Gasteiger partial charge in [0.1, 0.15) is 11.9 Å². The first-order valence-corrected chi connectivity index (χ1v) is 14.5. The second kappa shape index (κ2) is 10.8. The van der Waals surface area contributed by atoms with E-state index in [1.54, 1.807) is 12.3 Å². The van der Waals surface area contributed by atoms with Crippen molar-refractivity contribution in [1.82, 2.24) is 25.4 Å². The molecule has 0 radical (unpaired) electrons. The van der Waals surface area contributed by atoms with E-state index in [1.165, 1.54) is 0 Å². The highest BCUT2D eigenvalue weighted by molar-refractivity contribution is 6.31. The zero-order valence-electron chi connectivity index (χ0n) is 22.2. The molecule has 0 unspecified atom stereocenters. The molecule has 206 valence electrons. The fraction of sp³-hybridized carbons (Fsp3) is 0.387. The van der Waals surface area contributed by atoms with E-state index >= 15 is 0 Å². The largest absolute Gasteiger partial charge is 0.490 e. The minimum absolute atomic E-state index is 0.146. The summed E-state index contributed by atoms with van der Waals surface area (Å²) in [5, 5.41) is 12.3. The number of likely N-dealkylation sites (tertiary alicyclic amines) is 1. The average molecular weight is 558 g/mol. The number of piperidine rings is 1. The summed E-state index contributed by atoms with van der Waals surface area (Å²) in [7, 11) is 0. The van der Waals surface area contributed by atoms with E-state index in [9.17, 15) is 4.79 Å². The number of pyridine rings is 1. The number of aromatic amines is 1. The molecule has 8 nitrogen and oxygen atoms in total. The summed E-state index contributed by atoms with van der Waals surface area (Å²) in [5.41, 5.74) is 3.95. The number of benzene rings is 2. The van der Waals surface area contributed by atoms with Crippen molar-refractivity contribution in [3.63, 3.8) is 0 Å². The summed E-state index contributed by atoms with van der Waals surface area (Å²) >= 11 is 6.42. The highest BCUT2D eigenvalue weighted by atomic mass is 35.5. The fourth-order valence-electron chi connectivity index (χ4n) is 5.74. The number of nitrogens with zero attached hydrogens (tertiary/aromatic N) is 3. The Hall–Kier alpha value is -3.46.